The zero-order valence-electron chi connectivity index (χ0n) is 15.6. The minimum Gasteiger partial charge on any atom is -0.448 e. The van der Waals surface area contributed by atoms with Gasteiger partial charge < -0.3 is 10.1 Å². The van der Waals surface area contributed by atoms with Gasteiger partial charge in [-0.25, -0.2) is 4.79 Å². The van der Waals surface area contributed by atoms with Gasteiger partial charge in [-0.1, -0.05) is 24.3 Å². The maximum atomic E-state index is 12.6. The molecule has 2 aliphatic carbocycles. The summed E-state index contributed by atoms with van der Waals surface area (Å²) in [6, 6.07) is 10.2. The number of benzene rings is 1. The molecule has 4 rings (SSSR count). The first kappa shape index (κ1) is 18.2. The molecule has 4 nitrogen and oxygen atoms in total. The maximum Gasteiger partial charge on any atom is 0.349 e. The predicted molar refractivity (Wildman–Crippen MR) is 106 cm³/mol. The van der Waals surface area contributed by atoms with E-state index in [9.17, 15) is 9.59 Å². The van der Waals surface area contributed by atoms with Crippen LogP contribution in [0.15, 0.2) is 30.3 Å². The summed E-state index contributed by atoms with van der Waals surface area (Å²) < 4.78 is 5.46. The van der Waals surface area contributed by atoms with E-state index in [1.54, 1.807) is 6.92 Å². The first-order valence-electron chi connectivity index (χ1n) is 9.82. The van der Waals surface area contributed by atoms with Crippen molar-refractivity contribution in [1.29, 1.82) is 0 Å². The Morgan fingerprint density at radius 3 is 2.74 bits per heavy atom. The van der Waals surface area contributed by atoms with Crippen LogP contribution in [-0.4, -0.2) is 18.0 Å². The summed E-state index contributed by atoms with van der Waals surface area (Å²) in [5, 5.41) is 3.07. The molecule has 0 saturated carbocycles. The normalized spacial score (nSPS) is 19.5. The summed E-state index contributed by atoms with van der Waals surface area (Å²) in [6.07, 6.45) is 6.67. The zero-order valence-corrected chi connectivity index (χ0v) is 16.4. The Morgan fingerprint density at radius 2 is 1.89 bits per heavy atom. The Balaban J connectivity index is 1.38. The Morgan fingerprint density at radius 1 is 1.11 bits per heavy atom. The van der Waals surface area contributed by atoms with Crippen molar-refractivity contribution in [2.24, 2.45) is 0 Å². The molecular weight excluding hydrogens is 358 g/mol. The third-order valence-electron chi connectivity index (χ3n) is 5.54. The number of nitrogens with one attached hydrogen (secondary N) is 1. The summed E-state index contributed by atoms with van der Waals surface area (Å²) >= 11 is 1.52. The van der Waals surface area contributed by atoms with Gasteiger partial charge in [-0.3, -0.25) is 4.79 Å². The molecule has 0 unspecified atom stereocenters. The predicted octanol–water partition coefficient (Wildman–Crippen LogP) is 4.37. The van der Waals surface area contributed by atoms with Crippen molar-refractivity contribution < 1.29 is 14.3 Å². The molecule has 0 saturated heterocycles. The lowest BCUT2D eigenvalue weighted by Crippen LogP contribution is -2.39. The number of carbonyl (C=O) groups is 2. The minimum absolute atomic E-state index is 0.00217. The summed E-state index contributed by atoms with van der Waals surface area (Å²) in [5.74, 6) is -0.618. The van der Waals surface area contributed by atoms with Crippen LogP contribution in [0.4, 0.5) is 0 Å². The lowest BCUT2D eigenvalue weighted by atomic mass is 9.87. The van der Waals surface area contributed by atoms with Crippen molar-refractivity contribution in [3.05, 3.63) is 56.8 Å². The van der Waals surface area contributed by atoms with E-state index in [2.05, 4.69) is 17.4 Å². The molecule has 1 aromatic heterocycles. The van der Waals surface area contributed by atoms with Gasteiger partial charge >= 0.3 is 5.97 Å². The molecule has 5 heteroatoms. The van der Waals surface area contributed by atoms with E-state index in [-0.39, 0.29) is 17.9 Å². The van der Waals surface area contributed by atoms with Crippen LogP contribution in [-0.2, 0) is 28.8 Å². The molecule has 142 valence electrons. The summed E-state index contributed by atoms with van der Waals surface area (Å²) in [5.41, 5.74) is 3.75. The summed E-state index contributed by atoms with van der Waals surface area (Å²) in [7, 11) is 0. The van der Waals surface area contributed by atoms with Crippen LogP contribution in [0.2, 0.25) is 0 Å². The summed E-state index contributed by atoms with van der Waals surface area (Å²) in [6.45, 7) is 1.65. The highest BCUT2D eigenvalue weighted by Crippen LogP contribution is 2.31. The van der Waals surface area contributed by atoms with Crippen LogP contribution in [0.1, 0.15) is 69.9 Å². The second-order valence-electron chi connectivity index (χ2n) is 7.47. The van der Waals surface area contributed by atoms with Crippen LogP contribution in [0.25, 0.3) is 0 Å². The minimum atomic E-state index is -0.800. The maximum absolute atomic E-state index is 12.6. The molecule has 2 aliphatic rings. The van der Waals surface area contributed by atoms with Gasteiger partial charge in [0.25, 0.3) is 5.91 Å². The number of ether oxygens (including phenoxy) is 1. The molecule has 2 aromatic rings. The van der Waals surface area contributed by atoms with Gasteiger partial charge in [-0.2, -0.15) is 0 Å². The highest BCUT2D eigenvalue weighted by atomic mass is 32.1. The highest BCUT2D eigenvalue weighted by Gasteiger charge is 2.26. The molecule has 0 spiro atoms. The van der Waals surface area contributed by atoms with E-state index in [0.29, 0.717) is 4.88 Å². The first-order valence-corrected chi connectivity index (χ1v) is 10.6. The van der Waals surface area contributed by atoms with E-state index in [1.807, 2.05) is 18.2 Å². The van der Waals surface area contributed by atoms with Crippen LogP contribution in [0.3, 0.4) is 0 Å². The molecule has 1 amide bonds. The van der Waals surface area contributed by atoms with Gasteiger partial charge in [0.05, 0.1) is 6.04 Å². The molecule has 0 radical (unpaired) electrons. The van der Waals surface area contributed by atoms with Crippen molar-refractivity contribution in [3.8, 4) is 0 Å². The van der Waals surface area contributed by atoms with Crippen LogP contribution in [0.5, 0.6) is 0 Å². The third-order valence-corrected chi connectivity index (χ3v) is 6.75. The SMILES string of the molecule is C[C@H](OC(=O)c1cc2c(s1)CCCC2)C(=O)N[C@H]1CCCc2ccccc21. The molecule has 1 heterocycles. The molecule has 1 N–H and O–H groups in total. The number of esters is 1. The number of amides is 1. The lowest BCUT2D eigenvalue weighted by molar-refractivity contribution is -0.130. The third kappa shape index (κ3) is 3.93. The number of aryl methyl sites for hydroxylation is 3. The highest BCUT2D eigenvalue weighted by molar-refractivity contribution is 7.14. The van der Waals surface area contributed by atoms with E-state index in [0.717, 1.165) is 32.1 Å². The molecule has 27 heavy (non-hydrogen) atoms. The van der Waals surface area contributed by atoms with Gasteiger partial charge in [0.1, 0.15) is 4.88 Å². The van der Waals surface area contributed by atoms with Gasteiger partial charge in [0, 0.05) is 4.88 Å². The standard InChI is InChI=1S/C22H25NO3S/c1-14(26-22(25)20-13-16-8-3-5-12-19(16)27-20)21(24)23-18-11-6-9-15-7-2-4-10-17(15)18/h2,4,7,10,13-14,18H,3,5-6,8-9,11-12H2,1H3,(H,23,24)/t14-,18-/m0/s1. The second kappa shape index (κ2) is 7.85. The van der Waals surface area contributed by atoms with E-state index >= 15 is 0 Å². The van der Waals surface area contributed by atoms with Crippen LogP contribution in [0, 0.1) is 0 Å². The van der Waals surface area contributed by atoms with Crippen molar-refractivity contribution in [1.82, 2.24) is 5.32 Å². The fourth-order valence-corrected chi connectivity index (χ4v) is 5.19. The Bertz CT molecular complexity index is 833. The van der Waals surface area contributed by atoms with Crippen molar-refractivity contribution in [2.75, 3.05) is 0 Å². The van der Waals surface area contributed by atoms with Gasteiger partial charge in [-0.05, 0) is 74.6 Å². The van der Waals surface area contributed by atoms with E-state index in [1.165, 1.54) is 45.7 Å². The fraction of sp³-hybridized carbons (Fsp3) is 0.455. The Labute approximate surface area is 163 Å². The Kier molecular flexibility index (Phi) is 5.30. The van der Waals surface area contributed by atoms with E-state index in [4.69, 9.17) is 4.74 Å². The monoisotopic (exact) mass is 383 g/mol. The topological polar surface area (TPSA) is 55.4 Å². The average Bonchev–Trinajstić information content (AvgIpc) is 3.12. The Hall–Kier alpha value is -2.14. The second-order valence-corrected chi connectivity index (χ2v) is 8.60. The van der Waals surface area contributed by atoms with Crippen molar-refractivity contribution in [3.63, 3.8) is 0 Å². The molecule has 1 aromatic carbocycles. The zero-order chi connectivity index (χ0) is 18.8. The molecule has 0 fully saturated rings. The number of thiophene rings is 1. The van der Waals surface area contributed by atoms with Gasteiger partial charge in [0.15, 0.2) is 6.10 Å². The fourth-order valence-electron chi connectivity index (χ4n) is 4.06. The number of rotatable bonds is 4. The van der Waals surface area contributed by atoms with Crippen molar-refractivity contribution in [2.45, 2.75) is 64.0 Å². The number of hydrogen-bond donors (Lipinski definition) is 1. The smallest absolute Gasteiger partial charge is 0.349 e. The molecule has 0 aliphatic heterocycles. The first-order chi connectivity index (χ1) is 13.1. The van der Waals surface area contributed by atoms with Gasteiger partial charge in [-0.15, -0.1) is 11.3 Å². The number of carbonyl (C=O) groups excluding carboxylic acids is 2. The van der Waals surface area contributed by atoms with Gasteiger partial charge in [0.2, 0.25) is 0 Å². The summed E-state index contributed by atoms with van der Waals surface area (Å²) in [4.78, 5) is 27.0. The molecule has 0 bridgehead atoms. The van der Waals surface area contributed by atoms with E-state index < -0.39 is 6.10 Å². The molecule has 2 atom stereocenters. The number of fused-ring (bicyclic) bond motifs is 2. The largest absolute Gasteiger partial charge is 0.448 e. The van der Waals surface area contributed by atoms with Crippen LogP contribution < -0.4 is 5.32 Å². The lowest BCUT2D eigenvalue weighted by Gasteiger charge is -2.27. The molecular formula is C22H25NO3S. The van der Waals surface area contributed by atoms with Crippen LogP contribution >= 0.6 is 11.3 Å². The average molecular weight is 384 g/mol. The quantitative estimate of drug-likeness (QED) is 0.798. The number of hydrogen-bond acceptors (Lipinski definition) is 4. The van der Waals surface area contributed by atoms with Crippen molar-refractivity contribution >= 4 is 23.2 Å².